The Hall–Kier alpha value is -1.02. The number of halogens is 1. The van der Waals surface area contributed by atoms with Crippen molar-refractivity contribution in [2.45, 2.75) is 18.8 Å². The molecule has 2 rings (SSSR count). The molecule has 0 fully saturated rings. The number of rotatable bonds is 1. The van der Waals surface area contributed by atoms with Gasteiger partial charge in [0.2, 0.25) is 0 Å². The molecule has 0 saturated heterocycles. The minimum absolute atomic E-state index is 0.353. The summed E-state index contributed by atoms with van der Waals surface area (Å²) >= 11 is 5.95. The molecule has 3 heteroatoms. The topological polar surface area (TPSA) is 37.3 Å². The predicted octanol–water partition coefficient (Wildman–Crippen LogP) is 2.45. The molecule has 2 nitrogen and oxygen atoms in total. The van der Waals surface area contributed by atoms with E-state index in [1.165, 1.54) is 0 Å². The Morgan fingerprint density at radius 2 is 2.31 bits per heavy atom. The molecule has 0 unspecified atom stereocenters. The number of carbonyl (C=O) groups is 1. The molecule has 68 valence electrons. The number of fused-ring (bicyclic) bond motifs is 1. The lowest BCUT2D eigenvalue weighted by molar-refractivity contribution is -0.138. The highest BCUT2D eigenvalue weighted by molar-refractivity contribution is 6.31. The van der Waals surface area contributed by atoms with Gasteiger partial charge in [0.05, 0.1) is 5.92 Å². The van der Waals surface area contributed by atoms with Crippen LogP contribution in [0.2, 0.25) is 5.02 Å². The summed E-state index contributed by atoms with van der Waals surface area (Å²) in [5.74, 6) is -1.10. The normalized spacial score (nSPS) is 19.9. The van der Waals surface area contributed by atoms with Gasteiger partial charge in [-0.1, -0.05) is 23.7 Å². The Bertz CT molecular complexity index is 360. The Labute approximate surface area is 81.1 Å². The first kappa shape index (κ1) is 8.57. The first-order chi connectivity index (χ1) is 6.20. The zero-order chi connectivity index (χ0) is 9.42. The minimum atomic E-state index is -0.749. The summed E-state index contributed by atoms with van der Waals surface area (Å²) in [6, 6.07) is 5.47. The standard InChI is InChI=1S/C10H9ClO2/c11-9-3-1-2-6-7(9)4-5-8(6)10(12)13/h1-3,8H,4-5H2,(H,12,13)/t8-/m0/s1. The molecule has 0 aliphatic heterocycles. The fourth-order valence-electron chi connectivity index (χ4n) is 1.87. The quantitative estimate of drug-likeness (QED) is 0.749. The van der Waals surface area contributed by atoms with Crippen LogP contribution in [0.1, 0.15) is 23.5 Å². The number of benzene rings is 1. The van der Waals surface area contributed by atoms with Crippen LogP contribution < -0.4 is 0 Å². The molecule has 1 N–H and O–H groups in total. The highest BCUT2D eigenvalue weighted by Gasteiger charge is 2.29. The van der Waals surface area contributed by atoms with E-state index in [0.29, 0.717) is 11.4 Å². The summed E-state index contributed by atoms with van der Waals surface area (Å²) < 4.78 is 0. The Morgan fingerprint density at radius 3 is 3.00 bits per heavy atom. The Balaban J connectivity index is 2.49. The zero-order valence-electron chi connectivity index (χ0n) is 6.96. The molecule has 1 aromatic rings. The largest absolute Gasteiger partial charge is 0.481 e. The smallest absolute Gasteiger partial charge is 0.310 e. The molecule has 1 aliphatic carbocycles. The second-order valence-electron chi connectivity index (χ2n) is 3.24. The van der Waals surface area contributed by atoms with E-state index in [-0.39, 0.29) is 5.92 Å². The summed E-state index contributed by atoms with van der Waals surface area (Å²) in [5, 5.41) is 9.60. The SMILES string of the molecule is O=C(O)[C@H]1CCc2c(Cl)cccc21. The lowest BCUT2D eigenvalue weighted by atomic mass is 10.0. The first-order valence-electron chi connectivity index (χ1n) is 4.20. The number of hydrogen-bond acceptors (Lipinski definition) is 1. The first-order valence-corrected chi connectivity index (χ1v) is 4.58. The number of carboxylic acid groups (broad SMARTS) is 1. The van der Waals surface area contributed by atoms with Gasteiger partial charge in [0, 0.05) is 5.02 Å². The number of carboxylic acids is 1. The van der Waals surface area contributed by atoms with E-state index in [4.69, 9.17) is 16.7 Å². The molecule has 0 bridgehead atoms. The van der Waals surface area contributed by atoms with Crippen LogP contribution in [0.25, 0.3) is 0 Å². The Kier molecular flexibility index (Phi) is 2.00. The van der Waals surface area contributed by atoms with Gasteiger partial charge in [-0.2, -0.15) is 0 Å². The fraction of sp³-hybridized carbons (Fsp3) is 0.300. The second kappa shape index (κ2) is 3.04. The maximum atomic E-state index is 10.8. The average molecular weight is 197 g/mol. The summed E-state index contributed by atoms with van der Waals surface area (Å²) in [6.07, 6.45) is 1.46. The van der Waals surface area contributed by atoms with E-state index in [1.807, 2.05) is 18.2 Å². The molecule has 1 atom stereocenters. The molecule has 0 heterocycles. The van der Waals surface area contributed by atoms with Gasteiger partial charge < -0.3 is 5.11 Å². The summed E-state index contributed by atoms with van der Waals surface area (Å²) in [6.45, 7) is 0. The second-order valence-corrected chi connectivity index (χ2v) is 3.64. The van der Waals surface area contributed by atoms with Crippen LogP contribution >= 0.6 is 11.6 Å². The van der Waals surface area contributed by atoms with Gasteiger partial charge in [-0.3, -0.25) is 4.79 Å². The van der Waals surface area contributed by atoms with Gasteiger partial charge in [-0.05, 0) is 30.0 Å². The predicted molar refractivity (Wildman–Crippen MR) is 50.1 cm³/mol. The lowest BCUT2D eigenvalue weighted by Crippen LogP contribution is -2.07. The molecule has 1 aromatic carbocycles. The molecule has 0 radical (unpaired) electrons. The Morgan fingerprint density at radius 1 is 1.54 bits per heavy atom. The van der Waals surface area contributed by atoms with Crippen LogP contribution in [0.3, 0.4) is 0 Å². The fourth-order valence-corrected chi connectivity index (χ4v) is 2.14. The lowest BCUT2D eigenvalue weighted by Gasteiger charge is -2.05. The van der Waals surface area contributed by atoms with Gasteiger partial charge in [0.25, 0.3) is 0 Å². The van der Waals surface area contributed by atoms with Crippen molar-refractivity contribution in [3.8, 4) is 0 Å². The van der Waals surface area contributed by atoms with Crippen LogP contribution in [0.15, 0.2) is 18.2 Å². The van der Waals surface area contributed by atoms with E-state index < -0.39 is 5.97 Å². The highest BCUT2D eigenvalue weighted by Crippen LogP contribution is 2.36. The van der Waals surface area contributed by atoms with Crippen molar-refractivity contribution >= 4 is 17.6 Å². The molecular weight excluding hydrogens is 188 g/mol. The van der Waals surface area contributed by atoms with Crippen molar-refractivity contribution in [1.29, 1.82) is 0 Å². The van der Waals surface area contributed by atoms with Crippen molar-refractivity contribution < 1.29 is 9.90 Å². The van der Waals surface area contributed by atoms with Crippen LogP contribution in [0, 0.1) is 0 Å². The monoisotopic (exact) mass is 196 g/mol. The van der Waals surface area contributed by atoms with Gasteiger partial charge in [-0.25, -0.2) is 0 Å². The molecule has 0 spiro atoms. The van der Waals surface area contributed by atoms with Crippen molar-refractivity contribution in [3.05, 3.63) is 34.3 Å². The van der Waals surface area contributed by atoms with Gasteiger partial charge >= 0.3 is 5.97 Å². The zero-order valence-corrected chi connectivity index (χ0v) is 7.71. The molecule has 1 aliphatic rings. The third-order valence-corrected chi connectivity index (χ3v) is 2.87. The minimum Gasteiger partial charge on any atom is -0.481 e. The van der Waals surface area contributed by atoms with Gasteiger partial charge in [0.1, 0.15) is 0 Å². The van der Waals surface area contributed by atoms with Crippen LogP contribution in [0.4, 0.5) is 0 Å². The molecule has 13 heavy (non-hydrogen) atoms. The maximum Gasteiger partial charge on any atom is 0.310 e. The van der Waals surface area contributed by atoms with E-state index in [9.17, 15) is 4.79 Å². The van der Waals surface area contributed by atoms with Gasteiger partial charge in [0.15, 0.2) is 0 Å². The molecule has 0 aromatic heterocycles. The maximum absolute atomic E-state index is 10.8. The summed E-state index contributed by atoms with van der Waals surface area (Å²) in [5.41, 5.74) is 1.90. The van der Waals surface area contributed by atoms with Crippen molar-refractivity contribution in [1.82, 2.24) is 0 Å². The third kappa shape index (κ3) is 1.31. The van der Waals surface area contributed by atoms with Crippen LogP contribution in [-0.2, 0) is 11.2 Å². The van der Waals surface area contributed by atoms with E-state index in [2.05, 4.69) is 0 Å². The summed E-state index contributed by atoms with van der Waals surface area (Å²) in [7, 11) is 0. The van der Waals surface area contributed by atoms with E-state index >= 15 is 0 Å². The van der Waals surface area contributed by atoms with Crippen LogP contribution in [-0.4, -0.2) is 11.1 Å². The van der Waals surface area contributed by atoms with Crippen LogP contribution in [0.5, 0.6) is 0 Å². The number of hydrogen-bond donors (Lipinski definition) is 1. The molecular formula is C10H9ClO2. The van der Waals surface area contributed by atoms with E-state index in [0.717, 1.165) is 17.5 Å². The van der Waals surface area contributed by atoms with Crippen molar-refractivity contribution in [2.75, 3.05) is 0 Å². The highest BCUT2D eigenvalue weighted by atomic mass is 35.5. The van der Waals surface area contributed by atoms with Crippen molar-refractivity contribution in [3.63, 3.8) is 0 Å². The number of aliphatic carboxylic acids is 1. The van der Waals surface area contributed by atoms with E-state index in [1.54, 1.807) is 0 Å². The summed E-state index contributed by atoms with van der Waals surface area (Å²) in [4.78, 5) is 10.8. The van der Waals surface area contributed by atoms with Crippen molar-refractivity contribution in [2.24, 2.45) is 0 Å². The molecule has 0 amide bonds. The third-order valence-electron chi connectivity index (χ3n) is 2.51. The van der Waals surface area contributed by atoms with Gasteiger partial charge in [-0.15, -0.1) is 0 Å². The average Bonchev–Trinajstić information content (AvgIpc) is 2.48. The molecule has 0 saturated carbocycles.